The quantitative estimate of drug-likeness (QED) is 0.482. The molecule has 4 nitrogen and oxygen atoms in total. The molecule has 0 heterocycles. The molecule has 46 valence electrons. The Labute approximate surface area is 55.6 Å². The first-order chi connectivity index (χ1) is 3.77. The van der Waals surface area contributed by atoms with Crippen LogP contribution in [0.4, 0.5) is 4.79 Å². The summed E-state index contributed by atoms with van der Waals surface area (Å²) >= 11 is 0.611. The second-order valence-electron chi connectivity index (χ2n) is 0.752. The van der Waals surface area contributed by atoms with Crippen molar-refractivity contribution in [2.45, 2.75) is 6.92 Å². The number of carbonyl (C=O) groups is 1. The first-order valence-corrected chi connectivity index (χ1v) is 2.56. The van der Waals surface area contributed by atoms with Crippen molar-refractivity contribution in [3.8, 4) is 0 Å². The van der Waals surface area contributed by atoms with E-state index in [9.17, 15) is 4.79 Å². The van der Waals surface area contributed by atoms with Crippen LogP contribution in [0.2, 0.25) is 0 Å². The summed E-state index contributed by atoms with van der Waals surface area (Å²) in [5, 5.41) is 0. The summed E-state index contributed by atoms with van der Waals surface area (Å²) in [6.07, 6.45) is -0.711. The maximum atomic E-state index is 9.60. The van der Waals surface area contributed by atoms with Gasteiger partial charge >= 0.3 is 26.1 Å². The second-order valence-corrected chi connectivity index (χ2v) is 0.752. The third-order valence-electron chi connectivity index (χ3n) is 0.287. The number of nitrogens with two attached hydrogens (primary N) is 1. The molecule has 0 rings (SSSR count). The molecule has 0 aromatic heterocycles. The minimum absolute atomic E-state index is 0.356. The van der Waals surface area contributed by atoms with Crippen molar-refractivity contribution in [1.29, 1.82) is 0 Å². The van der Waals surface area contributed by atoms with Gasteiger partial charge in [-0.15, -0.1) is 0 Å². The van der Waals surface area contributed by atoms with Crippen LogP contribution in [0.1, 0.15) is 6.92 Å². The summed E-state index contributed by atoms with van der Waals surface area (Å²) in [6.45, 7) is 2.06. The minimum atomic E-state index is -0.711. The van der Waals surface area contributed by atoms with Crippen molar-refractivity contribution >= 4 is 22.3 Å². The van der Waals surface area contributed by atoms with E-state index in [0.29, 0.717) is 22.8 Å². The van der Waals surface area contributed by atoms with Crippen LogP contribution in [0.25, 0.3) is 0 Å². The molecule has 0 spiro atoms. The molecule has 0 unspecified atom stereocenters. The summed E-state index contributed by atoms with van der Waals surface area (Å²) in [4.78, 5) is 9.60. The van der Waals surface area contributed by atoms with E-state index in [4.69, 9.17) is 3.80 Å². The number of hydrogen-bond acceptors (Lipinski definition) is 3. The molecule has 0 aromatic carbocycles. The van der Waals surface area contributed by atoms with Gasteiger partial charge in [0.15, 0.2) is 0 Å². The zero-order chi connectivity index (χ0) is 6.99. The summed E-state index contributed by atoms with van der Waals surface area (Å²) in [5.41, 5.74) is 4.54. The monoisotopic (exact) mass is 133 g/mol. The van der Waals surface area contributed by atoms with Gasteiger partial charge in [0.2, 0.25) is 0 Å². The Morgan fingerprint density at radius 1 is 1.75 bits per heavy atom. The van der Waals surface area contributed by atoms with Crippen molar-refractivity contribution in [1.82, 2.24) is 0 Å². The fraction of sp³-hybridized carbons (Fsp3) is 0.667. The summed E-state index contributed by atoms with van der Waals surface area (Å²) in [6, 6.07) is 0. The van der Waals surface area contributed by atoms with E-state index in [1.807, 2.05) is 0 Å². The van der Waals surface area contributed by atoms with Crippen LogP contribution in [-0.2, 0) is 8.54 Å². The van der Waals surface area contributed by atoms with Gasteiger partial charge in [-0.25, -0.2) is 4.79 Å². The maximum absolute atomic E-state index is 9.60. The number of ether oxygens (including phenoxy) is 1. The van der Waals surface area contributed by atoms with Gasteiger partial charge < -0.3 is 10.5 Å². The van der Waals surface area contributed by atoms with Crippen molar-refractivity contribution in [3.63, 3.8) is 0 Å². The number of carbonyl (C=O) groups excluding carboxylic acids is 1. The Kier molecular flexibility index (Phi) is 12.9. The van der Waals surface area contributed by atoms with Crippen molar-refractivity contribution < 1.29 is 13.3 Å². The predicted molar refractivity (Wildman–Crippen MR) is 29.0 cm³/mol. The SMILES string of the molecule is CCOC(N)=O.[O]=[AlH]. The van der Waals surface area contributed by atoms with E-state index < -0.39 is 6.09 Å². The summed E-state index contributed by atoms with van der Waals surface area (Å²) in [5.74, 6) is 0. The van der Waals surface area contributed by atoms with E-state index in [1.54, 1.807) is 6.92 Å². The third kappa shape index (κ3) is 17.5. The fourth-order valence-electron chi connectivity index (χ4n) is 0.142. The van der Waals surface area contributed by atoms with Crippen LogP contribution in [0, 0.1) is 0 Å². The van der Waals surface area contributed by atoms with E-state index >= 15 is 0 Å². The molecule has 0 aliphatic rings. The molecule has 2 N–H and O–H groups in total. The van der Waals surface area contributed by atoms with Gasteiger partial charge in [0.1, 0.15) is 0 Å². The molecule has 0 aromatic rings. The van der Waals surface area contributed by atoms with Crippen molar-refractivity contribution in [2.24, 2.45) is 5.73 Å². The van der Waals surface area contributed by atoms with Crippen molar-refractivity contribution in [2.75, 3.05) is 6.61 Å². The van der Waals surface area contributed by atoms with Crippen LogP contribution in [0.5, 0.6) is 0 Å². The zero-order valence-electron chi connectivity index (χ0n) is 4.72. The first kappa shape index (κ1) is 10.6. The molecule has 8 heavy (non-hydrogen) atoms. The molecule has 0 saturated heterocycles. The van der Waals surface area contributed by atoms with Gasteiger partial charge in [0.05, 0.1) is 6.61 Å². The normalized spacial score (nSPS) is 6.00. The van der Waals surface area contributed by atoms with Gasteiger partial charge in [-0.1, -0.05) is 0 Å². The molecule has 1 amide bonds. The van der Waals surface area contributed by atoms with E-state index in [1.165, 1.54) is 0 Å². The van der Waals surface area contributed by atoms with E-state index in [2.05, 4.69) is 10.5 Å². The Morgan fingerprint density at radius 3 is 2.12 bits per heavy atom. The summed E-state index contributed by atoms with van der Waals surface area (Å²) < 4.78 is 12.5. The number of hydrogen-bond donors (Lipinski definition) is 1. The molecule has 0 aliphatic heterocycles. The average Bonchev–Trinajstić information content (AvgIpc) is 1.72. The van der Waals surface area contributed by atoms with Gasteiger partial charge in [0, 0.05) is 0 Å². The van der Waals surface area contributed by atoms with E-state index in [0.717, 1.165) is 0 Å². The Balaban J connectivity index is 0. The van der Waals surface area contributed by atoms with Crippen LogP contribution in [-0.4, -0.2) is 28.9 Å². The molecule has 0 bridgehead atoms. The molecule has 0 radical (unpaired) electrons. The van der Waals surface area contributed by atoms with Crippen LogP contribution >= 0.6 is 0 Å². The first-order valence-electron chi connectivity index (χ1n) is 1.98. The Morgan fingerprint density at radius 2 is 2.12 bits per heavy atom. The van der Waals surface area contributed by atoms with Crippen LogP contribution in [0.15, 0.2) is 0 Å². The van der Waals surface area contributed by atoms with Gasteiger partial charge in [-0.3, -0.25) is 0 Å². The fourth-order valence-corrected chi connectivity index (χ4v) is 0.142. The molecule has 0 atom stereocenters. The van der Waals surface area contributed by atoms with Gasteiger partial charge in [-0.05, 0) is 6.92 Å². The number of rotatable bonds is 1. The summed E-state index contributed by atoms with van der Waals surface area (Å²) in [7, 11) is 0. The molecule has 0 fully saturated rings. The van der Waals surface area contributed by atoms with Gasteiger partial charge in [0.25, 0.3) is 0 Å². The van der Waals surface area contributed by atoms with Crippen LogP contribution < -0.4 is 5.73 Å². The molecular formula is C3H8AlNO3. The molecule has 0 aliphatic carbocycles. The number of amides is 1. The Bertz CT molecular complexity index is 67.5. The van der Waals surface area contributed by atoms with E-state index in [-0.39, 0.29) is 0 Å². The average molecular weight is 133 g/mol. The van der Waals surface area contributed by atoms with Crippen LogP contribution in [0.3, 0.4) is 0 Å². The van der Waals surface area contributed by atoms with Gasteiger partial charge in [-0.2, -0.15) is 0 Å². The Hall–Kier alpha value is -0.398. The molecule has 5 heteroatoms. The van der Waals surface area contributed by atoms with Crippen molar-refractivity contribution in [3.05, 3.63) is 0 Å². The number of primary amides is 1. The third-order valence-corrected chi connectivity index (χ3v) is 0.287. The molecule has 0 saturated carbocycles. The molecular weight excluding hydrogens is 125 g/mol. The predicted octanol–water partition coefficient (Wildman–Crippen LogP) is -0.666. The zero-order valence-corrected chi connectivity index (χ0v) is 6.13. The second kappa shape index (κ2) is 9.78. The standard InChI is InChI=1S/C3H7NO2.Al.O.H/c1-2-6-3(4)5;;;/h2H2,1H3,(H2,4,5);;;. The topological polar surface area (TPSA) is 69.4 Å².